The molecule has 1 heterocycles. The highest BCUT2D eigenvalue weighted by Gasteiger charge is 2.25. The van der Waals surface area contributed by atoms with Crippen molar-refractivity contribution in [3.05, 3.63) is 11.3 Å². The minimum atomic E-state index is 0.259. The van der Waals surface area contributed by atoms with Crippen LogP contribution in [0, 0.1) is 6.92 Å². The SMILES string of the molecule is COC1CCC(c2c(C)nc(N)nc2N)CC1. The lowest BCUT2D eigenvalue weighted by Crippen LogP contribution is -2.21. The summed E-state index contributed by atoms with van der Waals surface area (Å²) in [5.41, 5.74) is 13.5. The predicted octanol–water partition coefficient (Wildman–Crippen LogP) is 1.62. The second-order valence-corrected chi connectivity index (χ2v) is 4.68. The number of hydrogen-bond donors (Lipinski definition) is 2. The van der Waals surface area contributed by atoms with Crippen LogP contribution in [0.2, 0.25) is 0 Å². The minimum Gasteiger partial charge on any atom is -0.383 e. The zero-order valence-electron chi connectivity index (χ0n) is 10.4. The van der Waals surface area contributed by atoms with Crippen molar-refractivity contribution in [1.82, 2.24) is 9.97 Å². The summed E-state index contributed by atoms with van der Waals surface area (Å²) < 4.78 is 5.37. The molecule has 0 aliphatic heterocycles. The van der Waals surface area contributed by atoms with E-state index in [0.717, 1.165) is 36.9 Å². The lowest BCUT2D eigenvalue weighted by atomic mass is 9.82. The van der Waals surface area contributed by atoms with E-state index < -0.39 is 0 Å². The molecule has 0 saturated heterocycles. The molecule has 1 saturated carbocycles. The van der Waals surface area contributed by atoms with Crippen LogP contribution in [0.25, 0.3) is 0 Å². The maximum atomic E-state index is 5.96. The van der Waals surface area contributed by atoms with Crippen molar-refractivity contribution in [2.24, 2.45) is 0 Å². The normalized spacial score (nSPS) is 24.8. The van der Waals surface area contributed by atoms with E-state index in [4.69, 9.17) is 16.2 Å². The monoisotopic (exact) mass is 236 g/mol. The fraction of sp³-hybridized carbons (Fsp3) is 0.667. The van der Waals surface area contributed by atoms with E-state index in [1.165, 1.54) is 0 Å². The quantitative estimate of drug-likeness (QED) is 0.814. The zero-order chi connectivity index (χ0) is 12.4. The van der Waals surface area contributed by atoms with Crippen LogP contribution in [0.4, 0.5) is 11.8 Å². The molecule has 94 valence electrons. The second-order valence-electron chi connectivity index (χ2n) is 4.68. The van der Waals surface area contributed by atoms with Gasteiger partial charge in [-0.05, 0) is 38.5 Å². The second kappa shape index (κ2) is 4.87. The smallest absolute Gasteiger partial charge is 0.222 e. The molecule has 1 aliphatic rings. The topological polar surface area (TPSA) is 87.0 Å². The van der Waals surface area contributed by atoms with Gasteiger partial charge in [0, 0.05) is 18.4 Å². The largest absolute Gasteiger partial charge is 0.383 e. The predicted molar refractivity (Wildman–Crippen MR) is 67.6 cm³/mol. The third-order valence-electron chi connectivity index (χ3n) is 3.60. The molecule has 0 bridgehead atoms. The summed E-state index contributed by atoms with van der Waals surface area (Å²) >= 11 is 0. The number of rotatable bonds is 2. The highest BCUT2D eigenvalue weighted by atomic mass is 16.5. The molecular formula is C12H20N4O. The number of methoxy groups -OCH3 is 1. The molecule has 0 amide bonds. The molecule has 1 aromatic rings. The van der Waals surface area contributed by atoms with Crippen molar-refractivity contribution in [2.75, 3.05) is 18.6 Å². The molecule has 4 N–H and O–H groups in total. The maximum Gasteiger partial charge on any atom is 0.222 e. The number of nitrogens with zero attached hydrogens (tertiary/aromatic N) is 2. The summed E-state index contributed by atoms with van der Waals surface area (Å²) in [5, 5.41) is 0. The first-order chi connectivity index (χ1) is 8.11. The molecule has 0 unspecified atom stereocenters. The van der Waals surface area contributed by atoms with Gasteiger partial charge in [-0.1, -0.05) is 0 Å². The van der Waals surface area contributed by atoms with Crippen molar-refractivity contribution in [3.63, 3.8) is 0 Å². The molecule has 1 aliphatic carbocycles. The van der Waals surface area contributed by atoms with Gasteiger partial charge in [-0.15, -0.1) is 0 Å². The van der Waals surface area contributed by atoms with Gasteiger partial charge in [-0.25, -0.2) is 4.98 Å². The van der Waals surface area contributed by atoms with Crippen LogP contribution in [0.15, 0.2) is 0 Å². The van der Waals surface area contributed by atoms with E-state index in [1.807, 2.05) is 6.92 Å². The first-order valence-electron chi connectivity index (χ1n) is 6.04. The molecule has 0 aromatic carbocycles. The molecule has 2 rings (SSSR count). The number of nitrogens with two attached hydrogens (primary N) is 2. The van der Waals surface area contributed by atoms with E-state index in [-0.39, 0.29) is 5.95 Å². The number of anilines is 2. The van der Waals surface area contributed by atoms with Crippen LogP contribution in [-0.2, 0) is 4.74 Å². The van der Waals surface area contributed by atoms with Gasteiger partial charge >= 0.3 is 0 Å². The van der Waals surface area contributed by atoms with Gasteiger partial charge in [-0.2, -0.15) is 4.98 Å². The zero-order valence-corrected chi connectivity index (χ0v) is 10.4. The molecule has 0 radical (unpaired) electrons. The van der Waals surface area contributed by atoms with E-state index in [2.05, 4.69) is 9.97 Å². The van der Waals surface area contributed by atoms with Crippen LogP contribution >= 0.6 is 0 Å². The third-order valence-corrected chi connectivity index (χ3v) is 3.60. The van der Waals surface area contributed by atoms with Crippen LogP contribution in [0.5, 0.6) is 0 Å². The Morgan fingerprint density at radius 3 is 2.29 bits per heavy atom. The standard InChI is InChI=1S/C12H20N4O/c1-7-10(11(13)16-12(14)15-7)8-3-5-9(17-2)6-4-8/h8-9H,3-6H2,1-2H3,(H4,13,14,15,16). The Balaban J connectivity index is 2.18. The van der Waals surface area contributed by atoms with Gasteiger partial charge < -0.3 is 16.2 Å². The Kier molecular flexibility index (Phi) is 3.47. The van der Waals surface area contributed by atoms with Crippen molar-refractivity contribution >= 4 is 11.8 Å². The Hall–Kier alpha value is -1.36. The summed E-state index contributed by atoms with van der Waals surface area (Å²) in [6.45, 7) is 1.95. The Morgan fingerprint density at radius 1 is 1.12 bits per heavy atom. The average molecular weight is 236 g/mol. The van der Waals surface area contributed by atoms with E-state index in [1.54, 1.807) is 7.11 Å². The summed E-state index contributed by atoms with van der Waals surface area (Å²) in [5.74, 6) is 1.24. The molecule has 0 atom stereocenters. The summed E-state index contributed by atoms with van der Waals surface area (Å²) in [7, 11) is 1.77. The van der Waals surface area contributed by atoms with Gasteiger partial charge in [0.15, 0.2) is 0 Å². The van der Waals surface area contributed by atoms with E-state index >= 15 is 0 Å². The molecule has 17 heavy (non-hydrogen) atoms. The molecule has 1 fully saturated rings. The van der Waals surface area contributed by atoms with Crippen molar-refractivity contribution in [3.8, 4) is 0 Å². The molecule has 1 aromatic heterocycles. The number of aromatic nitrogens is 2. The summed E-state index contributed by atoms with van der Waals surface area (Å²) in [4.78, 5) is 8.27. The number of nitrogen functional groups attached to an aromatic ring is 2. The fourth-order valence-corrected chi connectivity index (χ4v) is 2.72. The average Bonchev–Trinajstić information content (AvgIpc) is 2.28. The highest BCUT2D eigenvalue weighted by molar-refractivity contribution is 5.47. The van der Waals surface area contributed by atoms with Gasteiger partial charge in [0.05, 0.1) is 6.10 Å². The molecule has 5 nitrogen and oxygen atoms in total. The van der Waals surface area contributed by atoms with Crippen LogP contribution in [0.3, 0.4) is 0 Å². The first-order valence-corrected chi connectivity index (χ1v) is 6.04. The van der Waals surface area contributed by atoms with Gasteiger partial charge in [0.1, 0.15) is 5.82 Å². The van der Waals surface area contributed by atoms with Gasteiger partial charge in [-0.3, -0.25) is 0 Å². The third kappa shape index (κ3) is 2.49. The van der Waals surface area contributed by atoms with Crippen LogP contribution in [0.1, 0.15) is 42.9 Å². The van der Waals surface area contributed by atoms with Crippen LogP contribution < -0.4 is 11.5 Å². The molecular weight excluding hydrogens is 216 g/mol. The highest BCUT2D eigenvalue weighted by Crippen LogP contribution is 2.37. The Bertz CT molecular complexity index is 376. The Labute approximate surface area is 102 Å². The number of hydrogen-bond acceptors (Lipinski definition) is 5. The maximum absolute atomic E-state index is 5.96. The van der Waals surface area contributed by atoms with Gasteiger partial charge in [0.25, 0.3) is 0 Å². The lowest BCUT2D eigenvalue weighted by Gasteiger charge is -2.28. The lowest BCUT2D eigenvalue weighted by molar-refractivity contribution is 0.0658. The molecule has 5 heteroatoms. The molecule has 0 spiro atoms. The first kappa shape index (κ1) is 12.1. The van der Waals surface area contributed by atoms with Crippen LogP contribution in [-0.4, -0.2) is 23.2 Å². The minimum absolute atomic E-state index is 0.259. The number of aryl methyl sites for hydroxylation is 1. The van der Waals surface area contributed by atoms with E-state index in [0.29, 0.717) is 17.8 Å². The Morgan fingerprint density at radius 2 is 1.76 bits per heavy atom. The summed E-state index contributed by atoms with van der Waals surface area (Å²) in [6.07, 6.45) is 4.70. The van der Waals surface area contributed by atoms with E-state index in [9.17, 15) is 0 Å². The number of ether oxygens (including phenoxy) is 1. The van der Waals surface area contributed by atoms with Crippen molar-refractivity contribution < 1.29 is 4.74 Å². The summed E-state index contributed by atoms with van der Waals surface area (Å²) in [6, 6.07) is 0. The van der Waals surface area contributed by atoms with Crippen molar-refractivity contribution in [2.45, 2.75) is 44.6 Å². The fourth-order valence-electron chi connectivity index (χ4n) is 2.72. The van der Waals surface area contributed by atoms with Gasteiger partial charge in [0.2, 0.25) is 5.95 Å². The van der Waals surface area contributed by atoms with Crippen molar-refractivity contribution in [1.29, 1.82) is 0 Å².